The van der Waals surface area contributed by atoms with E-state index in [1.807, 2.05) is 53.4 Å². The SMILES string of the molecule is O=C1CCCC2=C1[C@H](c1ccc(Cl)cc1)N(C(=O)C1CCCCC1)c1ccccc1N2. The van der Waals surface area contributed by atoms with Gasteiger partial charge >= 0.3 is 0 Å². The highest BCUT2D eigenvalue weighted by molar-refractivity contribution is 6.30. The minimum Gasteiger partial charge on any atom is -0.357 e. The minimum atomic E-state index is -0.439. The fraction of sp³-hybridized carbons (Fsp3) is 0.385. The number of carbonyl (C=O) groups is 2. The predicted molar refractivity (Wildman–Crippen MR) is 124 cm³/mol. The van der Waals surface area contributed by atoms with Crippen molar-refractivity contribution in [2.24, 2.45) is 5.92 Å². The van der Waals surface area contributed by atoms with Crippen molar-refractivity contribution in [2.45, 2.75) is 57.4 Å². The van der Waals surface area contributed by atoms with Gasteiger partial charge in [0.1, 0.15) is 0 Å². The number of hydrogen-bond donors (Lipinski definition) is 1. The van der Waals surface area contributed by atoms with Gasteiger partial charge < -0.3 is 5.32 Å². The van der Waals surface area contributed by atoms with Crippen LogP contribution in [0.15, 0.2) is 59.8 Å². The predicted octanol–water partition coefficient (Wildman–Crippen LogP) is 6.43. The van der Waals surface area contributed by atoms with E-state index in [2.05, 4.69) is 5.32 Å². The molecule has 4 nitrogen and oxygen atoms in total. The Labute approximate surface area is 188 Å². The number of benzene rings is 2. The quantitative estimate of drug-likeness (QED) is 0.592. The van der Waals surface area contributed by atoms with Crippen LogP contribution >= 0.6 is 11.6 Å². The largest absolute Gasteiger partial charge is 0.357 e. The monoisotopic (exact) mass is 434 g/mol. The van der Waals surface area contributed by atoms with Crippen molar-refractivity contribution in [3.05, 3.63) is 70.4 Å². The Morgan fingerprint density at radius 2 is 1.68 bits per heavy atom. The van der Waals surface area contributed by atoms with Crippen LogP contribution in [0.4, 0.5) is 11.4 Å². The zero-order valence-electron chi connectivity index (χ0n) is 17.6. The van der Waals surface area contributed by atoms with Crippen molar-refractivity contribution in [3.8, 4) is 0 Å². The highest BCUT2D eigenvalue weighted by atomic mass is 35.5. The Balaban J connectivity index is 1.72. The Hall–Kier alpha value is -2.59. The molecule has 2 aromatic rings. The molecule has 31 heavy (non-hydrogen) atoms. The maximum Gasteiger partial charge on any atom is 0.231 e. The number of halogens is 1. The lowest BCUT2D eigenvalue weighted by molar-refractivity contribution is -0.123. The van der Waals surface area contributed by atoms with Crippen molar-refractivity contribution in [3.63, 3.8) is 0 Å². The van der Waals surface area contributed by atoms with Gasteiger partial charge in [-0.2, -0.15) is 0 Å². The summed E-state index contributed by atoms with van der Waals surface area (Å²) in [5.74, 6) is 0.251. The lowest BCUT2D eigenvalue weighted by Gasteiger charge is -2.37. The van der Waals surface area contributed by atoms with Crippen LogP contribution in [0, 0.1) is 5.92 Å². The maximum absolute atomic E-state index is 14.0. The number of rotatable bonds is 2. The first-order valence-electron chi connectivity index (χ1n) is 11.3. The van der Waals surface area contributed by atoms with E-state index < -0.39 is 6.04 Å². The number of fused-ring (bicyclic) bond motifs is 1. The van der Waals surface area contributed by atoms with Crippen LogP contribution in [0.25, 0.3) is 0 Å². The summed E-state index contributed by atoms with van der Waals surface area (Å²) in [5.41, 5.74) is 4.34. The summed E-state index contributed by atoms with van der Waals surface area (Å²) >= 11 is 6.18. The van der Waals surface area contributed by atoms with Gasteiger partial charge in [-0.3, -0.25) is 14.5 Å². The van der Waals surface area contributed by atoms with E-state index in [1.165, 1.54) is 6.42 Å². The molecule has 3 aliphatic rings. The number of ketones is 1. The number of amides is 1. The van der Waals surface area contributed by atoms with Crippen LogP contribution in [-0.2, 0) is 9.59 Å². The van der Waals surface area contributed by atoms with Gasteiger partial charge in [-0.25, -0.2) is 0 Å². The highest BCUT2D eigenvalue weighted by Gasteiger charge is 2.41. The number of para-hydroxylation sites is 2. The molecular formula is C26H27ClN2O2. The summed E-state index contributed by atoms with van der Waals surface area (Å²) in [4.78, 5) is 29.2. The molecule has 0 radical (unpaired) electrons. The molecule has 0 spiro atoms. The van der Waals surface area contributed by atoms with Gasteiger partial charge in [0.05, 0.1) is 17.4 Å². The summed E-state index contributed by atoms with van der Waals surface area (Å²) in [7, 11) is 0. The van der Waals surface area contributed by atoms with E-state index in [0.717, 1.165) is 66.7 Å². The average molecular weight is 435 g/mol. The third kappa shape index (κ3) is 3.78. The Kier molecular flexibility index (Phi) is 5.58. The maximum atomic E-state index is 14.0. The molecule has 5 heteroatoms. The molecule has 1 fully saturated rings. The summed E-state index contributed by atoms with van der Waals surface area (Å²) in [5, 5.41) is 4.17. The average Bonchev–Trinajstić information content (AvgIpc) is 2.95. The number of allylic oxidation sites excluding steroid dienone is 1. The van der Waals surface area contributed by atoms with Gasteiger partial charge in [0.15, 0.2) is 5.78 Å². The third-order valence-electron chi connectivity index (χ3n) is 6.81. The van der Waals surface area contributed by atoms with E-state index in [0.29, 0.717) is 11.4 Å². The van der Waals surface area contributed by atoms with Crippen molar-refractivity contribution < 1.29 is 9.59 Å². The van der Waals surface area contributed by atoms with Crippen molar-refractivity contribution in [1.82, 2.24) is 0 Å². The van der Waals surface area contributed by atoms with Gasteiger partial charge in [-0.05, 0) is 55.5 Å². The number of nitrogens with zero attached hydrogens (tertiary/aromatic N) is 1. The zero-order chi connectivity index (χ0) is 21.4. The molecule has 0 unspecified atom stereocenters. The standard InChI is InChI=1S/C26H27ClN2O2/c27-19-15-13-17(14-16-19)25-24-21(10-6-12-23(24)30)28-20-9-4-5-11-22(20)29(25)26(31)18-7-2-1-3-8-18/h4-5,9,11,13-16,18,25,28H,1-3,6-8,10,12H2/t25-/m0/s1. The first kappa shape index (κ1) is 20.3. The van der Waals surface area contributed by atoms with Crippen LogP contribution in [0.2, 0.25) is 5.02 Å². The van der Waals surface area contributed by atoms with Crippen molar-refractivity contribution in [1.29, 1.82) is 0 Å². The molecule has 160 valence electrons. The Morgan fingerprint density at radius 1 is 0.935 bits per heavy atom. The summed E-state index contributed by atoms with van der Waals surface area (Å²) < 4.78 is 0. The number of hydrogen-bond acceptors (Lipinski definition) is 3. The molecule has 1 heterocycles. The molecule has 1 aliphatic heterocycles. The highest BCUT2D eigenvalue weighted by Crippen LogP contribution is 2.46. The summed E-state index contributed by atoms with van der Waals surface area (Å²) in [6.45, 7) is 0. The summed E-state index contributed by atoms with van der Waals surface area (Å²) in [6, 6.07) is 15.1. The number of anilines is 2. The van der Waals surface area contributed by atoms with Crippen LogP contribution in [-0.4, -0.2) is 11.7 Å². The fourth-order valence-electron chi connectivity index (χ4n) is 5.28. The lowest BCUT2D eigenvalue weighted by atomic mass is 9.83. The number of Topliss-reactive ketones (excluding diaryl/α,β-unsaturated/α-hetero) is 1. The lowest BCUT2D eigenvalue weighted by Crippen LogP contribution is -2.42. The molecule has 1 atom stereocenters. The first-order chi connectivity index (χ1) is 15.1. The van der Waals surface area contributed by atoms with Gasteiger partial charge in [0.25, 0.3) is 0 Å². The van der Waals surface area contributed by atoms with E-state index >= 15 is 0 Å². The van der Waals surface area contributed by atoms with Crippen LogP contribution in [0.5, 0.6) is 0 Å². The molecule has 5 rings (SSSR count). The molecular weight excluding hydrogens is 408 g/mol. The van der Waals surface area contributed by atoms with Gasteiger partial charge in [0, 0.05) is 28.6 Å². The van der Waals surface area contributed by atoms with E-state index in [1.54, 1.807) is 0 Å². The Morgan fingerprint density at radius 3 is 2.45 bits per heavy atom. The molecule has 0 bridgehead atoms. The number of nitrogens with one attached hydrogen (secondary N) is 1. The minimum absolute atomic E-state index is 0.00236. The third-order valence-corrected chi connectivity index (χ3v) is 7.07. The van der Waals surface area contributed by atoms with Crippen LogP contribution in [0.1, 0.15) is 63.0 Å². The smallest absolute Gasteiger partial charge is 0.231 e. The van der Waals surface area contributed by atoms with Gasteiger partial charge in [0.2, 0.25) is 5.91 Å². The molecule has 1 N–H and O–H groups in total. The van der Waals surface area contributed by atoms with Crippen molar-refractivity contribution >= 4 is 34.7 Å². The molecule has 2 aliphatic carbocycles. The second-order valence-electron chi connectivity index (χ2n) is 8.81. The topological polar surface area (TPSA) is 49.4 Å². The molecule has 1 saturated carbocycles. The van der Waals surface area contributed by atoms with Crippen LogP contribution < -0.4 is 10.2 Å². The normalized spacial score (nSPS) is 21.8. The first-order valence-corrected chi connectivity index (χ1v) is 11.7. The second-order valence-corrected chi connectivity index (χ2v) is 9.24. The van der Waals surface area contributed by atoms with Gasteiger partial charge in [-0.15, -0.1) is 0 Å². The Bertz CT molecular complexity index is 1040. The van der Waals surface area contributed by atoms with Crippen LogP contribution in [0.3, 0.4) is 0 Å². The van der Waals surface area contributed by atoms with Crippen molar-refractivity contribution in [2.75, 3.05) is 10.2 Å². The molecule has 2 aromatic carbocycles. The van der Waals surface area contributed by atoms with E-state index in [9.17, 15) is 9.59 Å². The second kappa shape index (κ2) is 8.51. The zero-order valence-corrected chi connectivity index (χ0v) is 18.3. The van der Waals surface area contributed by atoms with E-state index in [-0.39, 0.29) is 17.6 Å². The number of carbonyl (C=O) groups excluding carboxylic acids is 2. The summed E-state index contributed by atoms with van der Waals surface area (Å²) in [6.07, 6.45) is 7.35. The molecule has 0 saturated heterocycles. The molecule has 0 aromatic heterocycles. The van der Waals surface area contributed by atoms with Gasteiger partial charge in [-0.1, -0.05) is 55.1 Å². The molecule has 1 amide bonds. The van der Waals surface area contributed by atoms with E-state index in [4.69, 9.17) is 11.6 Å². The fourth-order valence-corrected chi connectivity index (χ4v) is 5.41.